The lowest BCUT2D eigenvalue weighted by Gasteiger charge is -2.10. The number of hydrogen-bond donors (Lipinski definition) is 2. The Morgan fingerprint density at radius 3 is 2.58 bits per heavy atom. The van der Waals surface area contributed by atoms with Crippen molar-refractivity contribution in [3.63, 3.8) is 0 Å². The van der Waals surface area contributed by atoms with Crippen molar-refractivity contribution in [2.24, 2.45) is 5.73 Å². The summed E-state index contributed by atoms with van der Waals surface area (Å²) in [7, 11) is 0. The number of carbonyl (C=O) groups excluding carboxylic acids is 1. The van der Waals surface area contributed by atoms with Gasteiger partial charge in [0.25, 0.3) is 5.91 Å². The van der Waals surface area contributed by atoms with Gasteiger partial charge in [0.05, 0.1) is 12.1 Å². The fourth-order valence-electron chi connectivity index (χ4n) is 2.45. The summed E-state index contributed by atoms with van der Waals surface area (Å²) in [6, 6.07) is 13.3. The molecule has 1 heterocycles. The third kappa shape index (κ3) is 3.27. The number of benzene rings is 2. The van der Waals surface area contributed by atoms with E-state index in [4.69, 9.17) is 10.2 Å². The maximum Gasteiger partial charge on any atom is 0.251 e. The number of aromatic nitrogens is 2. The summed E-state index contributed by atoms with van der Waals surface area (Å²) in [4.78, 5) is 11.6. The molecular weight excluding hydrogens is 304 g/mol. The fourth-order valence-corrected chi connectivity index (χ4v) is 2.45. The molecule has 0 unspecified atom stereocenters. The van der Waals surface area contributed by atoms with E-state index in [2.05, 4.69) is 15.5 Å². The van der Waals surface area contributed by atoms with Gasteiger partial charge in [-0.2, -0.15) is 0 Å². The van der Waals surface area contributed by atoms with Crippen LogP contribution in [0.1, 0.15) is 27.4 Å². The minimum atomic E-state index is -0.471. The molecule has 6 heteroatoms. The zero-order chi connectivity index (χ0) is 17.1. The molecule has 3 rings (SSSR count). The second-order valence-corrected chi connectivity index (χ2v) is 5.58. The first-order chi connectivity index (χ1) is 11.5. The molecule has 3 aromatic rings. The van der Waals surface area contributed by atoms with Crippen LogP contribution >= 0.6 is 0 Å². The summed E-state index contributed by atoms with van der Waals surface area (Å²) in [5.41, 5.74) is 9.42. The predicted molar refractivity (Wildman–Crippen MR) is 91.5 cm³/mol. The van der Waals surface area contributed by atoms with E-state index >= 15 is 0 Å². The maximum atomic E-state index is 11.6. The molecule has 24 heavy (non-hydrogen) atoms. The van der Waals surface area contributed by atoms with Crippen molar-refractivity contribution >= 4 is 11.6 Å². The van der Waals surface area contributed by atoms with Crippen LogP contribution in [-0.2, 0) is 6.54 Å². The summed E-state index contributed by atoms with van der Waals surface area (Å²) in [5, 5.41) is 11.2. The zero-order valence-electron chi connectivity index (χ0n) is 13.5. The molecule has 0 saturated heterocycles. The van der Waals surface area contributed by atoms with Gasteiger partial charge in [-0.1, -0.05) is 29.8 Å². The lowest BCUT2D eigenvalue weighted by Crippen LogP contribution is -2.16. The van der Waals surface area contributed by atoms with Crippen molar-refractivity contribution in [1.82, 2.24) is 10.2 Å². The Labute approximate surface area is 139 Å². The van der Waals surface area contributed by atoms with Crippen molar-refractivity contribution in [2.75, 3.05) is 5.32 Å². The lowest BCUT2D eigenvalue weighted by molar-refractivity contribution is 0.100. The Morgan fingerprint density at radius 2 is 1.88 bits per heavy atom. The average Bonchev–Trinajstić information content (AvgIpc) is 3.02. The third-order valence-electron chi connectivity index (χ3n) is 3.71. The first-order valence-corrected chi connectivity index (χ1v) is 7.57. The largest absolute Gasteiger partial charge is 0.419 e. The second kappa shape index (κ2) is 6.54. The summed E-state index contributed by atoms with van der Waals surface area (Å²) in [6.07, 6.45) is 0. The molecule has 1 aromatic heterocycles. The molecule has 122 valence electrons. The van der Waals surface area contributed by atoms with Crippen molar-refractivity contribution in [3.05, 3.63) is 65.0 Å². The van der Waals surface area contributed by atoms with Gasteiger partial charge in [-0.3, -0.25) is 4.79 Å². The van der Waals surface area contributed by atoms with E-state index in [9.17, 15) is 4.79 Å². The maximum absolute atomic E-state index is 11.6. The number of carbonyl (C=O) groups is 1. The van der Waals surface area contributed by atoms with Crippen LogP contribution in [0.25, 0.3) is 11.5 Å². The molecule has 0 fully saturated rings. The average molecular weight is 322 g/mol. The first kappa shape index (κ1) is 15.7. The summed E-state index contributed by atoms with van der Waals surface area (Å²) in [6.45, 7) is 4.17. The zero-order valence-corrected chi connectivity index (χ0v) is 13.5. The van der Waals surface area contributed by atoms with E-state index in [0.717, 1.165) is 11.1 Å². The van der Waals surface area contributed by atoms with Crippen molar-refractivity contribution in [2.45, 2.75) is 20.4 Å². The van der Waals surface area contributed by atoms with E-state index in [1.54, 1.807) is 6.07 Å². The Bertz CT molecular complexity index is 869. The SMILES string of the molecule is Cc1ccc(-c2nnc(CNc3cccc(C)c3C(N)=O)o2)cc1. The highest BCUT2D eigenvalue weighted by Gasteiger charge is 2.13. The summed E-state index contributed by atoms with van der Waals surface area (Å²) >= 11 is 0. The number of aryl methyl sites for hydroxylation is 2. The molecule has 0 radical (unpaired) electrons. The van der Waals surface area contributed by atoms with Crippen molar-refractivity contribution in [1.29, 1.82) is 0 Å². The molecule has 3 N–H and O–H groups in total. The Balaban J connectivity index is 1.76. The predicted octanol–water partition coefficient (Wildman–Crippen LogP) is 3.06. The van der Waals surface area contributed by atoms with Gasteiger partial charge >= 0.3 is 0 Å². The number of anilines is 1. The summed E-state index contributed by atoms with van der Waals surface area (Å²) < 4.78 is 5.66. The second-order valence-electron chi connectivity index (χ2n) is 5.58. The molecule has 0 saturated carbocycles. The first-order valence-electron chi connectivity index (χ1n) is 7.57. The van der Waals surface area contributed by atoms with Gasteiger partial charge in [-0.25, -0.2) is 0 Å². The molecule has 0 aliphatic carbocycles. The minimum absolute atomic E-state index is 0.308. The van der Waals surface area contributed by atoms with E-state index < -0.39 is 5.91 Å². The van der Waals surface area contributed by atoms with Gasteiger partial charge in [0, 0.05) is 11.3 Å². The quantitative estimate of drug-likeness (QED) is 0.753. The van der Waals surface area contributed by atoms with Crippen LogP contribution in [0.2, 0.25) is 0 Å². The Morgan fingerprint density at radius 1 is 1.12 bits per heavy atom. The van der Waals surface area contributed by atoms with E-state index in [-0.39, 0.29) is 0 Å². The van der Waals surface area contributed by atoms with Crippen molar-refractivity contribution < 1.29 is 9.21 Å². The highest BCUT2D eigenvalue weighted by Crippen LogP contribution is 2.21. The number of rotatable bonds is 5. The van der Waals surface area contributed by atoms with Gasteiger partial charge in [0.1, 0.15) is 0 Å². The number of primary amides is 1. The normalized spacial score (nSPS) is 10.6. The molecule has 0 aliphatic heterocycles. The van der Waals surface area contributed by atoms with Crippen LogP contribution in [0, 0.1) is 13.8 Å². The molecule has 1 amide bonds. The number of nitrogens with two attached hydrogens (primary N) is 1. The fraction of sp³-hybridized carbons (Fsp3) is 0.167. The number of nitrogens with zero attached hydrogens (tertiary/aromatic N) is 2. The van der Waals surface area contributed by atoms with E-state index in [0.29, 0.717) is 29.6 Å². The van der Waals surface area contributed by atoms with Crippen LogP contribution in [-0.4, -0.2) is 16.1 Å². The van der Waals surface area contributed by atoms with Crippen LogP contribution < -0.4 is 11.1 Å². The molecule has 0 aliphatic rings. The number of nitrogens with one attached hydrogen (secondary N) is 1. The third-order valence-corrected chi connectivity index (χ3v) is 3.71. The molecular formula is C18H18N4O2. The van der Waals surface area contributed by atoms with Crippen LogP contribution in [0.5, 0.6) is 0 Å². The topological polar surface area (TPSA) is 94.0 Å². The molecule has 2 aromatic carbocycles. The van der Waals surface area contributed by atoms with Crippen molar-refractivity contribution in [3.8, 4) is 11.5 Å². The molecule has 0 spiro atoms. The van der Waals surface area contributed by atoms with Gasteiger partial charge < -0.3 is 15.5 Å². The van der Waals surface area contributed by atoms with Crippen LogP contribution in [0.3, 0.4) is 0 Å². The Kier molecular flexibility index (Phi) is 4.29. The van der Waals surface area contributed by atoms with Gasteiger partial charge in [-0.15, -0.1) is 10.2 Å². The Hall–Kier alpha value is -3.15. The van der Waals surface area contributed by atoms with Gasteiger partial charge in [-0.05, 0) is 37.6 Å². The monoisotopic (exact) mass is 322 g/mol. The number of amides is 1. The molecule has 0 atom stereocenters. The lowest BCUT2D eigenvalue weighted by atomic mass is 10.1. The van der Waals surface area contributed by atoms with Crippen LogP contribution in [0.4, 0.5) is 5.69 Å². The van der Waals surface area contributed by atoms with E-state index in [1.165, 1.54) is 5.56 Å². The highest BCUT2D eigenvalue weighted by atomic mass is 16.4. The smallest absolute Gasteiger partial charge is 0.251 e. The molecule has 0 bridgehead atoms. The summed E-state index contributed by atoms with van der Waals surface area (Å²) in [5.74, 6) is 0.426. The number of hydrogen-bond acceptors (Lipinski definition) is 5. The van der Waals surface area contributed by atoms with Crippen LogP contribution in [0.15, 0.2) is 46.9 Å². The van der Waals surface area contributed by atoms with Gasteiger partial charge in [0.2, 0.25) is 11.8 Å². The standard InChI is InChI=1S/C18H18N4O2/c1-11-6-8-13(9-7-11)18-22-21-15(24-18)10-20-14-5-3-4-12(2)16(14)17(19)23/h3-9,20H,10H2,1-2H3,(H2,19,23). The minimum Gasteiger partial charge on any atom is -0.419 e. The highest BCUT2D eigenvalue weighted by molar-refractivity contribution is 5.99. The molecule has 6 nitrogen and oxygen atoms in total. The van der Waals surface area contributed by atoms with E-state index in [1.807, 2.05) is 50.2 Å². The van der Waals surface area contributed by atoms with Gasteiger partial charge in [0.15, 0.2) is 0 Å².